The standard InChI is InChI=1S/C13H17NO3S/c1-2-17-13(15)11-5-3-4-6-12(11)18-14-7-9-16-10-8-14/h3-6H,2,7-10H2,1H3. The van der Waals surface area contributed by atoms with E-state index in [0.29, 0.717) is 12.2 Å². The first-order valence-electron chi connectivity index (χ1n) is 6.08. The molecule has 1 aliphatic rings. The Kier molecular flexibility index (Phi) is 5.04. The van der Waals surface area contributed by atoms with Crippen LogP contribution in [-0.2, 0) is 9.47 Å². The van der Waals surface area contributed by atoms with E-state index in [1.54, 1.807) is 18.0 Å². The van der Waals surface area contributed by atoms with Gasteiger partial charge in [-0.2, -0.15) is 0 Å². The summed E-state index contributed by atoms with van der Waals surface area (Å²) >= 11 is 1.60. The van der Waals surface area contributed by atoms with Gasteiger partial charge in [-0.3, -0.25) is 0 Å². The summed E-state index contributed by atoms with van der Waals surface area (Å²) in [6, 6.07) is 7.55. The van der Waals surface area contributed by atoms with Crippen LogP contribution >= 0.6 is 11.9 Å². The summed E-state index contributed by atoms with van der Waals surface area (Å²) in [6.07, 6.45) is 0. The van der Waals surface area contributed by atoms with Crippen LogP contribution in [0.15, 0.2) is 29.2 Å². The van der Waals surface area contributed by atoms with E-state index < -0.39 is 0 Å². The van der Waals surface area contributed by atoms with Gasteiger partial charge in [0.15, 0.2) is 0 Å². The first-order chi connectivity index (χ1) is 8.81. The summed E-state index contributed by atoms with van der Waals surface area (Å²) in [6.45, 7) is 5.46. The summed E-state index contributed by atoms with van der Waals surface area (Å²) in [7, 11) is 0. The van der Waals surface area contributed by atoms with Crippen molar-refractivity contribution < 1.29 is 14.3 Å². The Morgan fingerprint density at radius 3 is 2.83 bits per heavy atom. The number of carbonyl (C=O) groups is 1. The molecule has 0 unspecified atom stereocenters. The molecular formula is C13H17NO3S. The Hall–Kier alpha value is -1.04. The van der Waals surface area contributed by atoms with Gasteiger partial charge < -0.3 is 9.47 Å². The highest BCUT2D eigenvalue weighted by Gasteiger charge is 2.17. The summed E-state index contributed by atoms with van der Waals surface area (Å²) in [5.41, 5.74) is 0.635. The lowest BCUT2D eigenvalue weighted by Crippen LogP contribution is -2.31. The largest absolute Gasteiger partial charge is 0.462 e. The van der Waals surface area contributed by atoms with Crippen LogP contribution in [-0.4, -0.2) is 43.2 Å². The Balaban J connectivity index is 2.08. The average molecular weight is 267 g/mol. The number of rotatable bonds is 4. The molecule has 0 amide bonds. The van der Waals surface area contributed by atoms with Gasteiger partial charge in [0.1, 0.15) is 0 Å². The molecule has 0 aromatic heterocycles. The van der Waals surface area contributed by atoms with Gasteiger partial charge in [0, 0.05) is 18.0 Å². The number of morpholine rings is 1. The van der Waals surface area contributed by atoms with Crippen molar-refractivity contribution in [2.24, 2.45) is 0 Å². The molecule has 1 saturated heterocycles. The number of ether oxygens (including phenoxy) is 2. The average Bonchev–Trinajstić information content (AvgIpc) is 2.41. The van der Waals surface area contributed by atoms with Gasteiger partial charge in [-0.05, 0) is 31.0 Å². The molecule has 0 atom stereocenters. The number of carbonyl (C=O) groups excluding carboxylic acids is 1. The smallest absolute Gasteiger partial charge is 0.339 e. The molecule has 1 aromatic carbocycles. The summed E-state index contributed by atoms with van der Waals surface area (Å²) < 4.78 is 12.6. The second kappa shape index (κ2) is 6.78. The molecular weight excluding hydrogens is 250 g/mol. The van der Waals surface area contributed by atoms with Gasteiger partial charge in [0.25, 0.3) is 0 Å². The Labute approximate surface area is 111 Å². The Morgan fingerprint density at radius 1 is 1.39 bits per heavy atom. The molecule has 0 spiro atoms. The van der Waals surface area contributed by atoms with Gasteiger partial charge in [-0.1, -0.05) is 12.1 Å². The lowest BCUT2D eigenvalue weighted by atomic mass is 10.2. The molecule has 0 aliphatic carbocycles. The molecule has 98 valence electrons. The molecule has 0 bridgehead atoms. The van der Waals surface area contributed by atoms with E-state index in [-0.39, 0.29) is 5.97 Å². The molecule has 1 aliphatic heterocycles. The van der Waals surface area contributed by atoms with Gasteiger partial charge in [-0.15, -0.1) is 0 Å². The predicted molar refractivity (Wildman–Crippen MR) is 70.6 cm³/mol. The van der Waals surface area contributed by atoms with Gasteiger partial charge in [0.2, 0.25) is 0 Å². The van der Waals surface area contributed by atoms with Crippen molar-refractivity contribution in [2.45, 2.75) is 11.8 Å². The highest BCUT2D eigenvalue weighted by atomic mass is 32.2. The summed E-state index contributed by atoms with van der Waals surface area (Å²) in [5, 5.41) is 0. The van der Waals surface area contributed by atoms with Crippen LogP contribution in [0.3, 0.4) is 0 Å². The van der Waals surface area contributed by atoms with E-state index in [1.165, 1.54) is 0 Å². The molecule has 18 heavy (non-hydrogen) atoms. The number of nitrogens with zero attached hydrogens (tertiary/aromatic N) is 1. The van der Waals surface area contributed by atoms with Crippen LogP contribution in [0.5, 0.6) is 0 Å². The molecule has 1 aromatic rings. The van der Waals surface area contributed by atoms with E-state index >= 15 is 0 Å². The maximum absolute atomic E-state index is 11.8. The van der Waals surface area contributed by atoms with Crippen molar-refractivity contribution in [2.75, 3.05) is 32.9 Å². The van der Waals surface area contributed by atoms with Crippen molar-refractivity contribution in [3.05, 3.63) is 29.8 Å². The summed E-state index contributed by atoms with van der Waals surface area (Å²) in [4.78, 5) is 12.8. The van der Waals surface area contributed by atoms with Crippen molar-refractivity contribution in [1.82, 2.24) is 4.31 Å². The van der Waals surface area contributed by atoms with Crippen LogP contribution in [0.1, 0.15) is 17.3 Å². The second-order valence-corrected chi connectivity index (χ2v) is 4.99. The highest BCUT2D eigenvalue weighted by Crippen LogP contribution is 2.27. The fourth-order valence-electron chi connectivity index (χ4n) is 1.70. The number of benzene rings is 1. The van der Waals surface area contributed by atoms with E-state index in [1.807, 2.05) is 25.1 Å². The topological polar surface area (TPSA) is 38.8 Å². The zero-order chi connectivity index (χ0) is 12.8. The Bertz CT molecular complexity index is 405. The maximum Gasteiger partial charge on any atom is 0.339 e. The minimum Gasteiger partial charge on any atom is -0.462 e. The molecule has 1 heterocycles. The first-order valence-corrected chi connectivity index (χ1v) is 6.85. The molecule has 0 N–H and O–H groups in total. The normalized spacial score (nSPS) is 16.5. The number of hydrogen-bond donors (Lipinski definition) is 0. The van der Waals surface area contributed by atoms with Crippen LogP contribution in [0.25, 0.3) is 0 Å². The lowest BCUT2D eigenvalue weighted by molar-refractivity contribution is 0.0522. The van der Waals surface area contributed by atoms with Gasteiger partial charge >= 0.3 is 5.97 Å². The molecule has 1 fully saturated rings. The third kappa shape index (κ3) is 3.48. The van der Waals surface area contributed by atoms with Crippen LogP contribution in [0.2, 0.25) is 0 Å². The second-order valence-electron chi connectivity index (χ2n) is 3.85. The van der Waals surface area contributed by atoms with Crippen LogP contribution < -0.4 is 0 Å². The first kappa shape index (κ1) is 13.4. The highest BCUT2D eigenvalue weighted by molar-refractivity contribution is 7.97. The number of hydrogen-bond acceptors (Lipinski definition) is 5. The van der Waals surface area contributed by atoms with E-state index in [2.05, 4.69) is 4.31 Å². The van der Waals surface area contributed by atoms with Crippen LogP contribution in [0.4, 0.5) is 0 Å². The van der Waals surface area contributed by atoms with E-state index in [9.17, 15) is 4.79 Å². The third-order valence-electron chi connectivity index (χ3n) is 2.58. The Morgan fingerprint density at radius 2 is 2.11 bits per heavy atom. The van der Waals surface area contributed by atoms with Crippen LogP contribution in [0, 0.1) is 0 Å². The number of esters is 1. The SMILES string of the molecule is CCOC(=O)c1ccccc1SN1CCOCC1. The molecule has 2 rings (SSSR count). The fraction of sp³-hybridized carbons (Fsp3) is 0.462. The van der Waals surface area contributed by atoms with Crippen molar-refractivity contribution in [3.63, 3.8) is 0 Å². The molecule has 0 radical (unpaired) electrons. The maximum atomic E-state index is 11.8. The monoisotopic (exact) mass is 267 g/mol. The molecule has 5 heteroatoms. The van der Waals surface area contributed by atoms with Gasteiger partial charge in [0.05, 0.1) is 25.4 Å². The fourth-order valence-corrected chi connectivity index (χ4v) is 2.70. The van der Waals surface area contributed by atoms with Gasteiger partial charge in [-0.25, -0.2) is 9.10 Å². The predicted octanol–water partition coefficient (Wildman–Crippen LogP) is 2.20. The minimum absolute atomic E-state index is 0.256. The van der Waals surface area contributed by atoms with Crippen molar-refractivity contribution in [1.29, 1.82) is 0 Å². The van der Waals surface area contributed by atoms with Crippen molar-refractivity contribution in [3.8, 4) is 0 Å². The van der Waals surface area contributed by atoms with Crippen molar-refractivity contribution >= 4 is 17.9 Å². The quantitative estimate of drug-likeness (QED) is 0.617. The molecule has 4 nitrogen and oxygen atoms in total. The lowest BCUT2D eigenvalue weighted by Gasteiger charge is -2.25. The third-order valence-corrected chi connectivity index (χ3v) is 3.76. The molecule has 0 saturated carbocycles. The zero-order valence-electron chi connectivity index (χ0n) is 10.4. The minimum atomic E-state index is -0.256. The van der Waals surface area contributed by atoms with E-state index in [4.69, 9.17) is 9.47 Å². The summed E-state index contributed by atoms with van der Waals surface area (Å²) in [5.74, 6) is -0.256. The zero-order valence-corrected chi connectivity index (χ0v) is 11.2. The van der Waals surface area contributed by atoms with E-state index in [0.717, 1.165) is 31.2 Å².